The van der Waals surface area contributed by atoms with E-state index in [1.807, 2.05) is 0 Å². The minimum Gasteiger partial charge on any atom is -0.394 e. The summed E-state index contributed by atoms with van der Waals surface area (Å²) in [6.07, 6.45) is -4.39. The number of fused-ring (bicyclic) bond motifs is 1. The molecule has 0 aliphatic carbocycles. The van der Waals surface area contributed by atoms with Crippen molar-refractivity contribution in [3.8, 4) is 0 Å². The molecule has 0 aromatic heterocycles. The molecule has 76 valence electrons. The fraction of sp³-hybridized carbons (Fsp3) is 1.00. The number of hydrogen-bond acceptors (Lipinski definition) is 7. The first-order valence-corrected chi connectivity index (χ1v) is 3.74. The third-order valence-electron chi connectivity index (χ3n) is 2.30. The smallest absolute Gasteiger partial charge is 0.344 e. The van der Waals surface area contributed by atoms with Crippen LogP contribution in [-0.4, -0.2) is 62.2 Å². The normalized spacial score (nSPS) is 60.2. The number of aliphatic hydroxyl groups is 5. The van der Waals surface area contributed by atoms with E-state index in [2.05, 4.69) is 9.47 Å². The molecule has 0 amide bonds. The van der Waals surface area contributed by atoms with E-state index >= 15 is 0 Å². The zero-order valence-corrected chi connectivity index (χ0v) is 6.49. The zero-order valence-electron chi connectivity index (χ0n) is 6.49. The van der Waals surface area contributed by atoms with Crippen LogP contribution < -0.4 is 0 Å². The highest BCUT2D eigenvalue weighted by Gasteiger charge is 2.81. The number of hydrogen-bond donors (Lipinski definition) is 5. The first-order valence-electron chi connectivity index (χ1n) is 3.74. The molecule has 2 saturated heterocycles. The molecule has 7 nitrogen and oxygen atoms in total. The quantitative estimate of drug-likeness (QED) is 0.274. The molecule has 2 heterocycles. The van der Waals surface area contributed by atoms with Gasteiger partial charge in [0.2, 0.25) is 0 Å². The summed E-state index contributed by atoms with van der Waals surface area (Å²) in [5, 5.41) is 45.6. The summed E-state index contributed by atoms with van der Waals surface area (Å²) in [7, 11) is 0. The summed E-state index contributed by atoms with van der Waals surface area (Å²) >= 11 is 0. The molecule has 0 aromatic rings. The molecule has 13 heavy (non-hydrogen) atoms. The van der Waals surface area contributed by atoms with Crippen molar-refractivity contribution >= 4 is 0 Å². The number of ether oxygens (including phenoxy) is 2. The van der Waals surface area contributed by atoms with Crippen molar-refractivity contribution in [2.45, 2.75) is 30.1 Å². The highest BCUT2D eigenvalue weighted by Crippen LogP contribution is 2.52. The molecule has 0 spiro atoms. The molecular weight excluding hydrogens is 184 g/mol. The van der Waals surface area contributed by atoms with Gasteiger partial charge < -0.3 is 30.3 Å². The minimum atomic E-state index is -2.31. The summed E-state index contributed by atoms with van der Waals surface area (Å²) in [4.78, 5) is 0. The van der Waals surface area contributed by atoms with Gasteiger partial charge in [0.25, 0.3) is 5.79 Å². The molecule has 0 bridgehead atoms. The Kier molecular flexibility index (Phi) is 1.71. The average Bonchev–Trinajstić information content (AvgIpc) is 2.64. The van der Waals surface area contributed by atoms with Gasteiger partial charge >= 0.3 is 5.97 Å². The molecule has 0 saturated carbocycles. The van der Waals surface area contributed by atoms with Crippen molar-refractivity contribution in [1.29, 1.82) is 0 Å². The van der Waals surface area contributed by atoms with Crippen molar-refractivity contribution < 1.29 is 35.0 Å². The van der Waals surface area contributed by atoms with Crippen LogP contribution in [0.3, 0.4) is 0 Å². The van der Waals surface area contributed by atoms with Gasteiger partial charge in [-0.1, -0.05) is 0 Å². The van der Waals surface area contributed by atoms with Gasteiger partial charge in [0, 0.05) is 0 Å². The molecule has 2 aliphatic rings. The van der Waals surface area contributed by atoms with Crippen molar-refractivity contribution in [2.75, 3.05) is 6.61 Å². The second-order valence-electron chi connectivity index (χ2n) is 3.15. The van der Waals surface area contributed by atoms with Crippen LogP contribution in [0.1, 0.15) is 0 Å². The van der Waals surface area contributed by atoms with Crippen LogP contribution >= 0.6 is 0 Å². The van der Waals surface area contributed by atoms with E-state index in [0.29, 0.717) is 0 Å². The van der Waals surface area contributed by atoms with Gasteiger partial charge in [-0.25, -0.2) is 0 Å². The minimum absolute atomic E-state index is 0.597. The fourth-order valence-corrected chi connectivity index (χ4v) is 1.40. The highest BCUT2D eigenvalue weighted by molar-refractivity contribution is 5.07. The summed E-state index contributed by atoms with van der Waals surface area (Å²) < 4.78 is 8.94. The van der Waals surface area contributed by atoms with Gasteiger partial charge in [-0.15, -0.1) is 0 Å². The third kappa shape index (κ3) is 0.974. The van der Waals surface area contributed by atoms with Crippen molar-refractivity contribution in [3.63, 3.8) is 0 Å². The van der Waals surface area contributed by atoms with E-state index < -0.39 is 36.7 Å². The maximum Gasteiger partial charge on any atom is 0.344 e. The zero-order chi connectivity index (χ0) is 9.85. The van der Waals surface area contributed by atoms with Gasteiger partial charge in [0.1, 0.15) is 18.3 Å². The Hall–Kier alpha value is -0.280. The summed E-state index contributed by atoms with van der Waals surface area (Å²) in [5.74, 6) is -4.59. The molecule has 5 N–H and O–H groups in total. The molecule has 2 fully saturated rings. The van der Waals surface area contributed by atoms with Crippen LogP contribution in [0.4, 0.5) is 0 Å². The average molecular weight is 194 g/mol. The first-order chi connectivity index (χ1) is 5.94. The van der Waals surface area contributed by atoms with Crippen LogP contribution in [0.25, 0.3) is 0 Å². The van der Waals surface area contributed by atoms with Crippen molar-refractivity contribution in [1.82, 2.24) is 0 Å². The lowest BCUT2D eigenvalue weighted by molar-refractivity contribution is -0.294. The van der Waals surface area contributed by atoms with Crippen LogP contribution in [0, 0.1) is 0 Å². The maximum absolute atomic E-state index is 9.27. The van der Waals surface area contributed by atoms with E-state index in [1.165, 1.54) is 0 Å². The lowest BCUT2D eigenvalue weighted by atomic mass is 9.99. The van der Waals surface area contributed by atoms with Crippen LogP contribution in [0.5, 0.6) is 0 Å². The lowest BCUT2D eigenvalue weighted by Crippen LogP contribution is -2.58. The predicted octanol–water partition coefficient (Wildman–Crippen LogP) is -3.54. The Bertz CT molecular complexity index is 233. The Morgan fingerprint density at radius 1 is 1.23 bits per heavy atom. The van der Waals surface area contributed by atoms with E-state index in [1.54, 1.807) is 0 Å². The molecule has 0 aromatic carbocycles. The Morgan fingerprint density at radius 2 is 1.85 bits per heavy atom. The van der Waals surface area contributed by atoms with Gasteiger partial charge in [0.05, 0.1) is 6.61 Å². The Balaban J connectivity index is 2.21. The lowest BCUT2D eigenvalue weighted by Gasteiger charge is -2.32. The first kappa shape index (κ1) is 9.28. The van der Waals surface area contributed by atoms with Crippen LogP contribution in [-0.2, 0) is 9.47 Å². The molecule has 2 aliphatic heterocycles. The number of aliphatic hydroxyl groups excluding tert-OH is 3. The third-order valence-corrected chi connectivity index (χ3v) is 2.30. The fourth-order valence-electron chi connectivity index (χ4n) is 1.40. The monoisotopic (exact) mass is 194 g/mol. The molecule has 1 unspecified atom stereocenters. The maximum atomic E-state index is 9.27. The second-order valence-corrected chi connectivity index (χ2v) is 3.15. The largest absolute Gasteiger partial charge is 0.394 e. The summed E-state index contributed by atoms with van der Waals surface area (Å²) in [6, 6.07) is 0. The van der Waals surface area contributed by atoms with Crippen LogP contribution in [0.15, 0.2) is 0 Å². The summed E-state index contributed by atoms with van der Waals surface area (Å²) in [6.45, 7) is -0.597. The predicted molar refractivity (Wildman–Crippen MR) is 35.0 cm³/mol. The SMILES string of the molecule is OC[C@H]1OC2(O)O[C@@]2(O)[C@H](O)[C@@H]1O. The molecule has 7 heteroatoms. The van der Waals surface area contributed by atoms with Gasteiger partial charge in [-0.2, -0.15) is 0 Å². The second kappa shape index (κ2) is 2.39. The van der Waals surface area contributed by atoms with Gasteiger partial charge in [-0.05, 0) is 0 Å². The standard InChI is InChI=1S/C6H10O7/c7-1-2-3(8)4(9)5(10)6(11,12-2)13-5/h2-4,7-11H,1H2/t2-,3-,4-,5+,6?/m1/s1. The number of epoxide rings is 1. The molecule has 2 rings (SSSR count). The molecular formula is C6H10O7. The van der Waals surface area contributed by atoms with E-state index in [4.69, 9.17) is 5.11 Å². The Morgan fingerprint density at radius 3 is 2.38 bits per heavy atom. The van der Waals surface area contributed by atoms with Crippen molar-refractivity contribution in [3.05, 3.63) is 0 Å². The van der Waals surface area contributed by atoms with E-state index in [9.17, 15) is 20.4 Å². The molecule has 0 radical (unpaired) electrons. The molecule has 5 atom stereocenters. The van der Waals surface area contributed by atoms with E-state index in [0.717, 1.165) is 0 Å². The van der Waals surface area contributed by atoms with Crippen molar-refractivity contribution in [2.24, 2.45) is 0 Å². The van der Waals surface area contributed by atoms with E-state index in [-0.39, 0.29) is 0 Å². The summed E-state index contributed by atoms with van der Waals surface area (Å²) in [5.41, 5.74) is 0. The van der Waals surface area contributed by atoms with Crippen LogP contribution in [0.2, 0.25) is 0 Å². The number of rotatable bonds is 1. The van der Waals surface area contributed by atoms with Gasteiger partial charge in [0.15, 0.2) is 0 Å². The Labute approximate surface area is 72.8 Å². The van der Waals surface area contributed by atoms with Gasteiger partial charge in [-0.3, -0.25) is 4.74 Å². The highest BCUT2D eigenvalue weighted by atomic mass is 17.0. The topological polar surface area (TPSA) is 123 Å².